The Balaban J connectivity index is 1.70. The van der Waals surface area contributed by atoms with Crippen molar-refractivity contribution in [2.45, 2.75) is 25.4 Å². The molecular weight excluding hydrogens is 376 g/mol. The van der Waals surface area contributed by atoms with Crippen LogP contribution in [0.5, 0.6) is 0 Å². The highest BCUT2D eigenvalue weighted by Gasteiger charge is 2.24. The Bertz CT molecular complexity index is 720. The van der Waals surface area contributed by atoms with Crippen molar-refractivity contribution in [3.8, 4) is 0 Å². The number of halogens is 2. The van der Waals surface area contributed by atoms with Gasteiger partial charge in [0, 0.05) is 35.0 Å². The van der Waals surface area contributed by atoms with E-state index in [0.29, 0.717) is 19.5 Å². The molecular formula is C18H18BrClN2O. The van der Waals surface area contributed by atoms with Crippen molar-refractivity contribution in [1.82, 2.24) is 4.90 Å². The van der Waals surface area contributed by atoms with Gasteiger partial charge in [0.2, 0.25) is 5.91 Å². The first kappa shape index (κ1) is 16.5. The predicted octanol–water partition coefficient (Wildman–Crippen LogP) is 4.08. The first-order valence-corrected chi connectivity index (χ1v) is 8.77. The zero-order valence-electron chi connectivity index (χ0n) is 12.6. The minimum atomic E-state index is -0.265. The van der Waals surface area contributed by atoms with Crippen LogP contribution in [0.25, 0.3) is 0 Å². The number of nitrogens with zero attached hydrogens (tertiary/aromatic N) is 1. The lowest BCUT2D eigenvalue weighted by molar-refractivity contribution is -0.132. The summed E-state index contributed by atoms with van der Waals surface area (Å²) < 4.78 is 0.963. The second-order valence-electron chi connectivity index (χ2n) is 5.81. The zero-order valence-corrected chi connectivity index (χ0v) is 15.0. The molecule has 0 fully saturated rings. The molecule has 120 valence electrons. The summed E-state index contributed by atoms with van der Waals surface area (Å²) in [4.78, 5) is 14.5. The Hall–Kier alpha value is -1.36. The second kappa shape index (κ2) is 7.04. The highest BCUT2D eigenvalue weighted by Crippen LogP contribution is 2.30. The molecule has 0 radical (unpaired) electrons. The summed E-state index contributed by atoms with van der Waals surface area (Å²) in [6, 6.07) is 13.4. The Labute approximate surface area is 149 Å². The molecule has 0 spiro atoms. The molecule has 1 unspecified atom stereocenters. The standard InChI is InChI=1S/C18H18BrClN2O/c19-16-9-14(20)8-13-6-7-22(11-15(13)16)18(23)10-17(21)12-4-2-1-3-5-12/h1-5,8-9,17H,6-7,10-11,21H2. The summed E-state index contributed by atoms with van der Waals surface area (Å²) in [5.41, 5.74) is 9.51. The maximum absolute atomic E-state index is 12.6. The van der Waals surface area contributed by atoms with Crippen LogP contribution in [0.3, 0.4) is 0 Å². The number of nitrogens with two attached hydrogens (primary N) is 1. The van der Waals surface area contributed by atoms with Crippen molar-refractivity contribution >= 4 is 33.4 Å². The number of fused-ring (bicyclic) bond motifs is 1. The number of carbonyl (C=O) groups excluding carboxylic acids is 1. The van der Waals surface area contributed by atoms with E-state index in [1.807, 2.05) is 47.4 Å². The van der Waals surface area contributed by atoms with Gasteiger partial charge in [-0.25, -0.2) is 0 Å². The lowest BCUT2D eigenvalue weighted by Crippen LogP contribution is -2.37. The van der Waals surface area contributed by atoms with E-state index in [1.54, 1.807) is 0 Å². The normalized spacial score (nSPS) is 15.2. The van der Waals surface area contributed by atoms with Crippen LogP contribution in [-0.2, 0) is 17.8 Å². The van der Waals surface area contributed by atoms with E-state index >= 15 is 0 Å². The summed E-state index contributed by atoms with van der Waals surface area (Å²) in [7, 11) is 0. The van der Waals surface area contributed by atoms with Gasteiger partial charge in [-0.1, -0.05) is 57.9 Å². The van der Waals surface area contributed by atoms with Crippen LogP contribution >= 0.6 is 27.5 Å². The van der Waals surface area contributed by atoms with Gasteiger partial charge in [-0.3, -0.25) is 4.79 Å². The smallest absolute Gasteiger partial charge is 0.224 e. The van der Waals surface area contributed by atoms with Crippen LogP contribution in [0.4, 0.5) is 0 Å². The van der Waals surface area contributed by atoms with E-state index < -0.39 is 0 Å². The van der Waals surface area contributed by atoms with Crippen LogP contribution in [0, 0.1) is 0 Å². The Kier molecular flexibility index (Phi) is 5.05. The lowest BCUT2D eigenvalue weighted by Gasteiger charge is -2.30. The van der Waals surface area contributed by atoms with Crippen molar-refractivity contribution < 1.29 is 4.79 Å². The van der Waals surface area contributed by atoms with Crippen LogP contribution in [0.1, 0.15) is 29.2 Å². The molecule has 1 heterocycles. The van der Waals surface area contributed by atoms with Gasteiger partial charge >= 0.3 is 0 Å². The molecule has 2 aromatic carbocycles. The quantitative estimate of drug-likeness (QED) is 0.854. The monoisotopic (exact) mass is 392 g/mol. The summed E-state index contributed by atoms with van der Waals surface area (Å²) in [5.74, 6) is 0.0915. The Morgan fingerprint density at radius 2 is 2.04 bits per heavy atom. The third-order valence-electron chi connectivity index (χ3n) is 4.23. The summed E-state index contributed by atoms with van der Waals surface area (Å²) in [6.07, 6.45) is 1.14. The first-order chi connectivity index (χ1) is 11.0. The molecule has 1 aliphatic heterocycles. The first-order valence-electron chi connectivity index (χ1n) is 7.59. The number of hydrogen-bond donors (Lipinski definition) is 1. The van der Waals surface area contributed by atoms with Crippen molar-refractivity contribution in [2.75, 3.05) is 6.54 Å². The number of amides is 1. The van der Waals surface area contributed by atoms with E-state index in [2.05, 4.69) is 15.9 Å². The van der Waals surface area contributed by atoms with Gasteiger partial charge in [-0.05, 0) is 35.2 Å². The van der Waals surface area contributed by atoms with Crippen molar-refractivity contribution in [3.05, 3.63) is 68.7 Å². The molecule has 0 bridgehead atoms. The molecule has 0 aliphatic carbocycles. The third-order valence-corrected chi connectivity index (χ3v) is 5.15. The largest absolute Gasteiger partial charge is 0.338 e. The number of benzene rings is 2. The molecule has 1 aliphatic rings. The SMILES string of the molecule is NC(CC(=O)N1CCc2cc(Cl)cc(Br)c2C1)c1ccccc1. The van der Waals surface area contributed by atoms with E-state index in [-0.39, 0.29) is 11.9 Å². The predicted molar refractivity (Wildman–Crippen MR) is 96.3 cm³/mol. The molecule has 3 nitrogen and oxygen atoms in total. The highest BCUT2D eigenvalue weighted by molar-refractivity contribution is 9.10. The fraction of sp³-hybridized carbons (Fsp3) is 0.278. The van der Waals surface area contributed by atoms with Gasteiger partial charge in [-0.2, -0.15) is 0 Å². The average molecular weight is 394 g/mol. The molecule has 23 heavy (non-hydrogen) atoms. The van der Waals surface area contributed by atoms with Gasteiger partial charge < -0.3 is 10.6 Å². The van der Waals surface area contributed by atoms with Gasteiger partial charge in [-0.15, -0.1) is 0 Å². The molecule has 0 aromatic heterocycles. The zero-order chi connectivity index (χ0) is 16.4. The van der Waals surface area contributed by atoms with E-state index in [0.717, 1.165) is 27.0 Å². The lowest BCUT2D eigenvalue weighted by atomic mass is 9.98. The Morgan fingerprint density at radius 1 is 1.30 bits per heavy atom. The fourth-order valence-corrected chi connectivity index (χ4v) is 3.93. The topological polar surface area (TPSA) is 46.3 Å². The number of hydrogen-bond acceptors (Lipinski definition) is 2. The summed E-state index contributed by atoms with van der Waals surface area (Å²) >= 11 is 9.64. The van der Waals surface area contributed by atoms with Gasteiger partial charge in [0.25, 0.3) is 0 Å². The van der Waals surface area contributed by atoms with Crippen LogP contribution in [0.15, 0.2) is 46.9 Å². The molecule has 2 N–H and O–H groups in total. The summed E-state index contributed by atoms with van der Waals surface area (Å²) in [5, 5.41) is 0.724. The van der Waals surface area contributed by atoms with Crippen molar-refractivity contribution in [3.63, 3.8) is 0 Å². The molecule has 2 aromatic rings. The maximum Gasteiger partial charge on any atom is 0.224 e. The molecule has 0 saturated carbocycles. The highest BCUT2D eigenvalue weighted by atomic mass is 79.9. The van der Waals surface area contributed by atoms with Gasteiger partial charge in [0.1, 0.15) is 0 Å². The third kappa shape index (κ3) is 3.77. The number of carbonyl (C=O) groups is 1. The molecule has 1 amide bonds. The molecule has 5 heteroatoms. The van der Waals surface area contributed by atoms with Crippen LogP contribution in [0.2, 0.25) is 5.02 Å². The Morgan fingerprint density at radius 3 is 2.78 bits per heavy atom. The molecule has 1 atom stereocenters. The fourth-order valence-electron chi connectivity index (χ4n) is 2.93. The number of rotatable bonds is 3. The van der Waals surface area contributed by atoms with Crippen LogP contribution in [-0.4, -0.2) is 17.4 Å². The van der Waals surface area contributed by atoms with Gasteiger partial charge in [0.15, 0.2) is 0 Å². The summed E-state index contributed by atoms with van der Waals surface area (Å²) in [6.45, 7) is 1.31. The molecule has 3 rings (SSSR count). The minimum Gasteiger partial charge on any atom is -0.338 e. The minimum absolute atomic E-state index is 0.0915. The van der Waals surface area contributed by atoms with E-state index in [9.17, 15) is 4.79 Å². The van der Waals surface area contributed by atoms with E-state index in [4.69, 9.17) is 17.3 Å². The van der Waals surface area contributed by atoms with Gasteiger partial charge in [0.05, 0.1) is 0 Å². The van der Waals surface area contributed by atoms with Crippen molar-refractivity contribution in [1.29, 1.82) is 0 Å². The van der Waals surface area contributed by atoms with Crippen molar-refractivity contribution in [2.24, 2.45) is 5.73 Å². The maximum atomic E-state index is 12.6. The van der Waals surface area contributed by atoms with E-state index in [1.165, 1.54) is 5.56 Å². The molecule has 0 saturated heterocycles. The van der Waals surface area contributed by atoms with Crippen LogP contribution < -0.4 is 5.73 Å². The average Bonchev–Trinajstić information content (AvgIpc) is 2.55. The second-order valence-corrected chi connectivity index (χ2v) is 7.10.